The van der Waals surface area contributed by atoms with Gasteiger partial charge in [-0.2, -0.15) is 11.8 Å². The van der Waals surface area contributed by atoms with Crippen LogP contribution in [0.15, 0.2) is 18.2 Å². The second-order valence-electron chi connectivity index (χ2n) is 4.70. The zero-order valence-electron chi connectivity index (χ0n) is 11.2. The molecule has 0 spiro atoms. The van der Waals surface area contributed by atoms with Gasteiger partial charge in [-0.05, 0) is 36.4 Å². The van der Waals surface area contributed by atoms with E-state index in [1.165, 1.54) is 0 Å². The Kier molecular flexibility index (Phi) is 4.85. The molecule has 2 N–H and O–H groups in total. The highest BCUT2D eigenvalue weighted by molar-refractivity contribution is 7.99. The summed E-state index contributed by atoms with van der Waals surface area (Å²) in [6, 6.07) is 5.58. The summed E-state index contributed by atoms with van der Waals surface area (Å²) in [6.45, 7) is 3.18. The lowest BCUT2D eigenvalue weighted by atomic mass is 10.1. The summed E-state index contributed by atoms with van der Waals surface area (Å²) in [7, 11) is 0. The molecule has 19 heavy (non-hydrogen) atoms. The Bertz CT molecular complexity index is 460. The van der Waals surface area contributed by atoms with Gasteiger partial charge in [0.1, 0.15) is 0 Å². The van der Waals surface area contributed by atoms with Crippen molar-refractivity contribution in [2.24, 2.45) is 0 Å². The maximum absolute atomic E-state index is 12.1. The van der Waals surface area contributed by atoms with Crippen molar-refractivity contribution < 1.29 is 14.6 Å². The number of carbonyl (C=O) groups excluding carboxylic acids is 1. The number of aliphatic hydroxyl groups excluding tert-OH is 1. The van der Waals surface area contributed by atoms with Crippen molar-refractivity contribution in [1.29, 1.82) is 0 Å². The number of amides is 1. The van der Waals surface area contributed by atoms with Gasteiger partial charge in [0, 0.05) is 16.9 Å². The number of aliphatic hydroxyl groups is 1. The first kappa shape index (κ1) is 14.4. The van der Waals surface area contributed by atoms with Gasteiger partial charge < -0.3 is 15.2 Å². The Hall–Kier alpha value is -1.04. The molecule has 0 saturated carbocycles. The molecule has 1 aromatic rings. The Morgan fingerprint density at radius 3 is 2.89 bits per heavy atom. The Balaban J connectivity index is 2.04. The number of hydrogen-bond acceptors (Lipinski definition) is 4. The van der Waals surface area contributed by atoms with E-state index in [1.807, 2.05) is 31.4 Å². The molecule has 0 saturated heterocycles. The van der Waals surface area contributed by atoms with Crippen LogP contribution in [0.3, 0.4) is 0 Å². The molecule has 2 unspecified atom stereocenters. The number of fused-ring (bicyclic) bond motifs is 1. The van der Waals surface area contributed by atoms with Crippen molar-refractivity contribution >= 4 is 17.7 Å². The summed E-state index contributed by atoms with van der Waals surface area (Å²) in [6.07, 6.45) is 1.93. The summed E-state index contributed by atoms with van der Waals surface area (Å²) in [4.78, 5) is 12.1. The SMILES string of the molecule is CSC(CO)C(C)NC(=O)c1ccc2c(c1)COC2. The number of carbonyl (C=O) groups is 1. The molecule has 1 aliphatic rings. The molecule has 1 aromatic carbocycles. The normalized spacial score (nSPS) is 16.8. The predicted octanol–water partition coefficient (Wildman–Crippen LogP) is 1.56. The van der Waals surface area contributed by atoms with Crippen LogP contribution in [-0.2, 0) is 18.0 Å². The van der Waals surface area contributed by atoms with Crippen LogP contribution in [-0.4, -0.2) is 35.2 Å². The quantitative estimate of drug-likeness (QED) is 0.860. The Morgan fingerprint density at radius 1 is 1.47 bits per heavy atom. The van der Waals surface area contributed by atoms with Gasteiger partial charge >= 0.3 is 0 Å². The average molecular weight is 281 g/mol. The number of rotatable bonds is 5. The highest BCUT2D eigenvalue weighted by Gasteiger charge is 2.19. The lowest BCUT2D eigenvalue weighted by molar-refractivity contribution is 0.0935. The van der Waals surface area contributed by atoms with Gasteiger partial charge in [-0.3, -0.25) is 4.79 Å². The third-order valence-corrected chi connectivity index (χ3v) is 4.55. The first-order chi connectivity index (χ1) is 9.15. The molecule has 0 aliphatic carbocycles. The van der Waals surface area contributed by atoms with E-state index in [1.54, 1.807) is 11.8 Å². The molecule has 1 heterocycles. The summed E-state index contributed by atoms with van der Waals surface area (Å²) in [5.74, 6) is -0.102. The standard InChI is InChI=1S/C14H19NO3S/c1-9(13(6-16)19-2)15-14(17)10-3-4-11-7-18-8-12(11)5-10/h3-5,9,13,16H,6-8H2,1-2H3,(H,15,17). The molecule has 0 aromatic heterocycles. The van der Waals surface area contributed by atoms with Gasteiger partial charge in [0.25, 0.3) is 5.91 Å². The van der Waals surface area contributed by atoms with E-state index in [9.17, 15) is 9.90 Å². The molecule has 0 bridgehead atoms. The molecule has 5 heteroatoms. The van der Waals surface area contributed by atoms with Gasteiger partial charge in [-0.25, -0.2) is 0 Å². The van der Waals surface area contributed by atoms with E-state index in [4.69, 9.17) is 4.74 Å². The van der Waals surface area contributed by atoms with Gasteiger partial charge in [0.05, 0.1) is 19.8 Å². The van der Waals surface area contributed by atoms with Gasteiger partial charge in [0.2, 0.25) is 0 Å². The molecule has 104 valence electrons. The van der Waals surface area contributed by atoms with Crippen LogP contribution in [0.2, 0.25) is 0 Å². The molecule has 1 aliphatic heterocycles. The lowest BCUT2D eigenvalue weighted by Crippen LogP contribution is -2.41. The smallest absolute Gasteiger partial charge is 0.251 e. The highest BCUT2D eigenvalue weighted by Crippen LogP contribution is 2.21. The fraction of sp³-hybridized carbons (Fsp3) is 0.500. The molecule has 2 rings (SSSR count). The Morgan fingerprint density at radius 2 is 2.21 bits per heavy atom. The lowest BCUT2D eigenvalue weighted by Gasteiger charge is -2.21. The van der Waals surface area contributed by atoms with E-state index >= 15 is 0 Å². The predicted molar refractivity (Wildman–Crippen MR) is 76.3 cm³/mol. The molecule has 0 fully saturated rings. The van der Waals surface area contributed by atoms with Crippen molar-refractivity contribution in [2.45, 2.75) is 31.4 Å². The fourth-order valence-electron chi connectivity index (χ4n) is 2.13. The highest BCUT2D eigenvalue weighted by atomic mass is 32.2. The van der Waals surface area contributed by atoms with E-state index in [0.29, 0.717) is 18.8 Å². The number of benzene rings is 1. The minimum Gasteiger partial charge on any atom is -0.395 e. The van der Waals surface area contributed by atoms with Crippen molar-refractivity contribution in [3.05, 3.63) is 34.9 Å². The van der Waals surface area contributed by atoms with Gasteiger partial charge in [-0.1, -0.05) is 6.07 Å². The van der Waals surface area contributed by atoms with Crippen LogP contribution in [0.5, 0.6) is 0 Å². The third kappa shape index (κ3) is 3.29. The van der Waals surface area contributed by atoms with Crippen molar-refractivity contribution in [1.82, 2.24) is 5.32 Å². The summed E-state index contributed by atoms with van der Waals surface area (Å²) in [5.41, 5.74) is 2.89. The van der Waals surface area contributed by atoms with E-state index in [0.717, 1.165) is 11.1 Å². The van der Waals surface area contributed by atoms with Crippen molar-refractivity contribution in [3.8, 4) is 0 Å². The number of nitrogens with one attached hydrogen (secondary N) is 1. The maximum Gasteiger partial charge on any atom is 0.251 e. The molecular weight excluding hydrogens is 262 g/mol. The van der Waals surface area contributed by atoms with Crippen LogP contribution in [0.1, 0.15) is 28.4 Å². The van der Waals surface area contributed by atoms with Gasteiger partial charge in [0.15, 0.2) is 0 Å². The average Bonchev–Trinajstić information content (AvgIpc) is 2.87. The Labute approximate surface area is 117 Å². The maximum atomic E-state index is 12.1. The van der Waals surface area contributed by atoms with Crippen LogP contribution in [0.25, 0.3) is 0 Å². The number of thioether (sulfide) groups is 1. The number of ether oxygens (including phenoxy) is 1. The molecule has 1 amide bonds. The molecular formula is C14H19NO3S. The van der Waals surface area contributed by atoms with E-state index < -0.39 is 0 Å². The third-order valence-electron chi connectivity index (χ3n) is 3.38. The zero-order valence-corrected chi connectivity index (χ0v) is 12.0. The summed E-state index contributed by atoms with van der Waals surface area (Å²) >= 11 is 1.55. The van der Waals surface area contributed by atoms with Crippen LogP contribution in [0.4, 0.5) is 0 Å². The topological polar surface area (TPSA) is 58.6 Å². The summed E-state index contributed by atoms with van der Waals surface area (Å²) in [5, 5.41) is 12.2. The number of hydrogen-bond donors (Lipinski definition) is 2. The van der Waals surface area contributed by atoms with E-state index in [2.05, 4.69) is 5.32 Å². The van der Waals surface area contributed by atoms with Crippen LogP contribution < -0.4 is 5.32 Å². The van der Waals surface area contributed by atoms with Crippen LogP contribution in [0, 0.1) is 0 Å². The van der Waals surface area contributed by atoms with Crippen LogP contribution >= 0.6 is 11.8 Å². The fourth-order valence-corrected chi connectivity index (χ4v) is 2.76. The first-order valence-corrected chi connectivity index (χ1v) is 7.58. The van der Waals surface area contributed by atoms with Gasteiger partial charge in [-0.15, -0.1) is 0 Å². The van der Waals surface area contributed by atoms with Crippen molar-refractivity contribution in [3.63, 3.8) is 0 Å². The second kappa shape index (κ2) is 6.41. The molecule has 2 atom stereocenters. The minimum atomic E-state index is -0.102. The largest absolute Gasteiger partial charge is 0.395 e. The van der Waals surface area contributed by atoms with Crippen molar-refractivity contribution in [2.75, 3.05) is 12.9 Å². The molecule has 0 radical (unpaired) electrons. The summed E-state index contributed by atoms with van der Waals surface area (Å²) < 4.78 is 5.34. The van der Waals surface area contributed by atoms with E-state index in [-0.39, 0.29) is 23.8 Å². The first-order valence-electron chi connectivity index (χ1n) is 6.29. The monoisotopic (exact) mass is 281 g/mol. The minimum absolute atomic E-state index is 0.0155. The molecule has 4 nitrogen and oxygen atoms in total. The zero-order chi connectivity index (χ0) is 13.8. The second-order valence-corrected chi connectivity index (χ2v) is 5.77.